The number of fused-ring (bicyclic) bond motifs is 1. The van der Waals surface area contributed by atoms with E-state index in [0.29, 0.717) is 12.1 Å². The standard InChI is InChI=1S/C41H46N8O5/c1-26-19-27(2)49(46-26)24-30-13-10-14-31(20-30)40(53)48-18-17-42-39(52)35(21-29-11-6-5-7-12-29)45-38(51)28(3)47(4)41(54)36(44-37(50)25-48)22-32-23-43-34-16-9-8-15-33(32)34/h5-16,19-20,23,28,35-36,43H,17-18,21-22,24-25H2,1-4H3,(H,42,52)(H,44,50)(H,45,51)/t28-,35-,36-/m0/s1. The molecule has 0 bridgehead atoms. The van der Waals surface area contributed by atoms with Crippen molar-refractivity contribution >= 4 is 40.4 Å². The zero-order valence-electron chi connectivity index (χ0n) is 31.0. The fourth-order valence-corrected chi connectivity index (χ4v) is 6.78. The van der Waals surface area contributed by atoms with Gasteiger partial charge in [-0.15, -0.1) is 0 Å². The van der Waals surface area contributed by atoms with Crippen LogP contribution in [-0.2, 0) is 38.6 Å². The van der Waals surface area contributed by atoms with Crippen molar-refractivity contribution in [1.82, 2.24) is 40.5 Å². The smallest absolute Gasteiger partial charge is 0.254 e. The minimum absolute atomic E-state index is 0.0109. The zero-order valence-corrected chi connectivity index (χ0v) is 31.0. The van der Waals surface area contributed by atoms with Crippen molar-refractivity contribution in [3.05, 3.63) is 125 Å². The van der Waals surface area contributed by atoms with Gasteiger partial charge in [-0.1, -0.05) is 60.7 Å². The summed E-state index contributed by atoms with van der Waals surface area (Å²) in [5.74, 6) is -2.45. The molecule has 1 aliphatic rings. The van der Waals surface area contributed by atoms with Crippen LogP contribution < -0.4 is 16.0 Å². The van der Waals surface area contributed by atoms with E-state index in [1.165, 1.54) is 16.8 Å². The van der Waals surface area contributed by atoms with E-state index in [9.17, 15) is 24.0 Å². The van der Waals surface area contributed by atoms with Crippen molar-refractivity contribution in [2.45, 2.75) is 58.3 Å². The van der Waals surface area contributed by atoms with Crippen LogP contribution in [0.2, 0.25) is 0 Å². The lowest BCUT2D eigenvalue weighted by Crippen LogP contribution is -2.57. The molecule has 0 saturated carbocycles. The van der Waals surface area contributed by atoms with Gasteiger partial charge in [-0.05, 0) is 61.7 Å². The van der Waals surface area contributed by atoms with Gasteiger partial charge in [-0.2, -0.15) is 5.10 Å². The Morgan fingerprint density at radius 3 is 2.33 bits per heavy atom. The molecule has 1 aliphatic heterocycles. The van der Waals surface area contributed by atoms with E-state index in [1.807, 2.05) is 85.3 Å². The molecule has 13 nitrogen and oxygen atoms in total. The number of carbonyl (C=O) groups excluding carboxylic acids is 5. The number of para-hydroxylation sites is 1. The van der Waals surface area contributed by atoms with Gasteiger partial charge in [-0.3, -0.25) is 28.7 Å². The molecule has 0 aliphatic carbocycles. The van der Waals surface area contributed by atoms with Gasteiger partial charge in [0, 0.05) is 61.3 Å². The second kappa shape index (κ2) is 16.6. The lowest BCUT2D eigenvalue weighted by molar-refractivity contribution is -0.142. The molecule has 1 saturated heterocycles. The number of nitrogens with one attached hydrogen (secondary N) is 4. The zero-order chi connectivity index (χ0) is 38.4. The Morgan fingerprint density at radius 2 is 1.57 bits per heavy atom. The summed E-state index contributed by atoms with van der Waals surface area (Å²) in [6, 6.07) is 23.1. The van der Waals surface area contributed by atoms with Crippen molar-refractivity contribution < 1.29 is 24.0 Å². The van der Waals surface area contributed by atoms with E-state index < -0.39 is 47.7 Å². The molecule has 0 radical (unpaired) electrons. The number of likely N-dealkylation sites (N-methyl/N-ethyl adjacent to an activating group) is 1. The van der Waals surface area contributed by atoms with Gasteiger partial charge < -0.3 is 30.7 Å². The summed E-state index contributed by atoms with van der Waals surface area (Å²) in [6.45, 7) is 5.55. The van der Waals surface area contributed by atoms with Crippen LogP contribution in [0.1, 0.15) is 45.4 Å². The number of aromatic nitrogens is 3. The number of rotatable bonds is 7. The molecule has 3 aromatic carbocycles. The largest absolute Gasteiger partial charge is 0.361 e. The number of nitrogens with zero attached hydrogens (tertiary/aromatic N) is 4. The predicted octanol–water partition coefficient (Wildman–Crippen LogP) is 2.90. The first-order valence-corrected chi connectivity index (χ1v) is 18.1. The monoisotopic (exact) mass is 730 g/mol. The highest BCUT2D eigenvalue weighted by Crippen LogP contribution is 2.20. The summed E-state index contributed by atoms with van der Waals surface area (Å²) in [7, 11) is 1.50. The molecular weight excluding hydrogens is 685 g/mol. The fraction of sp³-hybridized carbons (Fsp3) is 0.317. The number of hydrogen-bond acceptors (Lipinski definition) is 6. The van der Waals surface area contributed by atoms with Crippen LogP contribution in [0, 0.1) is 13.8 Å². The van der Waals surface area contributed by atoms with Crippen LogP contribution in [0.3, 0.4) is 0 Å². The van der Waals surface area contributed by atoms with Crippen molar-refractivity contribution in [3.63, 3.8) is 0 Å². The van der Waals surface area contributed by atoms with E-state index in [2.05, 4.69) is 26.0 Å². The van der Waals surface area contributed by atoms with E-state index in [4.69, 9.17) is 0 Å². The second-order valence-electron chi connectivity index (χ2n) is 13.9. The lowest BCUT2D eigenvalue weighted by atomic mass is 10.0. The number of H-pyrrole nitrogens is 1. The van der Waals surface area contributed by atoms with Crippen LogP contribution in [0.5, 0.6) is 0 Å². The van der Waals surface area contributed by atoms with Gasteiger partial charge in [0.15, 0.2) is 0 Å². The third-order valence-corrected chi connectivity index (χ3v) is 9.87. The van der Waals surface area contributed by atoms with Crippen molar-refractivity contribution in [3.8, 4) is 0 Å². The van der Waals surface area contributed by atoms with Gasteiger partial charge in [0.2, 0.25) is 23.6 Å². The van der Waals surface area contributed by atoms with Crippen LogP contribution in [0.25, 0.3) is 10.9 Å². The first-order valence-electron chi connectivity index (χ1n) is 18.1. The number of aromatic amines is 1. The summed E-state index contributed by atoms with van der Waals surface area (Å²) in [4.78, 5) is 75.4. The molecule has 54 heavy (non-hydrogen) atoms. The maximum absolute atomic E-state index is 14.2. The number of hydrogen-bond donors (Lipinski definition) is 4. The number of aryl methyl sites for hydroxylation is 2. The van der Waals surface area contributed by atoms with Crippen molar-refractivity contribution in [1.29, 1.82) is 0 Å². The average molecular weight is 731 g/mol. The van der Waals surface area contributed by atoms with Gasteiger partial charge in [0.05, 0.1) is 18.8 Å². The Hall–Kier alpha value is -6.24. The van der Waals surface area contributed by atoms with Crippen LogP contribution in [-0.4, -0.2) is 98.9 Å². The Morgan fingerprint density at radius 1 is 0.833 bits per heavy atom. The van der Waals surface area contributed by atoms with Crippen LogP contribution in [0.4, 0.5) is 0 Å². The molecule has 5 amide bonds. The SMILES string of the molecule is Cc1cc(C)n(Cc2cccc(C(=O)N3CCNC(=O)[C@H](Cc4ccccc4)NC(=O)[C@H](C)N(C)C(=O)[C@H](Cc4c[nH]c5ccccc45)NC(=O)C3)c2)n1. The highest BCUT2D eigenvalue weighted by Gasteiger charge is 2.33. The molecular formula is C41H46N8O5. The topological polar surface area (TPSA) is 162 Å². The molecule has 4 N–H and O–H groups in total. The van der Waals surface area contributed by atoms with E-state index in [0.717, 1.165) is 39.0 Å². The molecule has 1 fully saturated rings. The van der Waals surface area contributed by atoms with Crippen LogP contribution >= 0.6 is 0 Å². The lowest BCUT2D eigenvalue weighted by Gasteiger charge is -2.30. The third kappa shape index (κ3) is 8.85. The first kappa shape index (κ1) is 37.5. The summed E-state index contributed by atoms with van der Waals surface area (Å²) >= 11 is 0. The Kier molecular flexibility index (Phi) is 11.5. The van der Waals surface area contributed by atoms with E-state index >= 15 is 0 Å². The summed E-state index contributed by atoms with van der Waals surface area (Å²) < 4.78 is 1.86. The molecule has 0 unspecified atom stereocenters. The fourth-order valence-electron chi connectivity index (χ4n) is 6.78. The number of amides is 5. The molecule has 3 atom stereocenters. The highest BCUT2D eigenvalue weighted by molar-refractivity contribution is 5.98. The molecule has 280 valence electrons. The predicted molar refractivity (Wildman–Crippen MR) is 204 cm³/mol. The van der Waals surface area contributed by atoms with Crippen LogP contribution in [0.15, 0.2) is 91.1 Å². The second-order valence-corrected chi connectivity index (χ2v) is 13.9. The minimum atomic E-state index is -1.07. The maximum Gasteiger partial charge on any atom is 0.254 e. The van der Waals surface area contributed by atoms with Gasteiger partial charge in [-0.25, -0.2) is 0 Å². The third-order valence-electron chi connectivity index (χ3n) is 9.87. The Bertz CT molecular complexity index is 2160. The van der Waals surface area contributed by atoms with E-state index in [-0.39, 0.29) is 32.5 Å². The molecule has 2 aromatic heterocycles. The highest BCUT2D eigenvalue weighted by atomic mass is 16.2. The summed E-state index contributed by atoms with van der Waals surface area (Å²) in [5.41, 5.74) is 5.60. The average Bonchev–Trinajstić information content (AvgIpc) is 3.72. The van der Waals surface area contributed by atoms with E-state index in [1.54, 1.807) is 31.3 Å². The molecule has 13 heteroatoms. The Labute approximate surface area is 314 Å². The normalized spacial score (nSPS) is 19.1. The number of benzene rings is 3. The molecule has 6 rings (SSSR count). The van der Waals surface area contributed by atoms with Crippen molar-refractivity contribution in [2.24, 2.45) is 0 Å². The first-order chi connectivity index (χ1) is 26.0. The maximum atomic E-state index is 14.2. The van der Waals surface area contributed by atoms with Gasteiger partial charge in [0.25, 0.3) is 5.91 Å². The molecule has 0 spiro atoms. The van der Waals surface area contributed by atoms with Crippen molar-refractivity contribution in [2.75, 3.05) is 26.7 Å². The van der Waals surface area contributed by atoms with Gasteiger partial charge in [0.1, 0.15) is 18.1 Å². The minimum Gasteiger partial charge on any atom is -0.361 e. The summed E-state index contributed by atoms with van der Waals surface area (Å²) in [5, 5.41) is 14.0. The Balaban J connectivity index is 1.31. The molecule has 3 heterocycles. The summed E-state index contributed by atoms with van der Waals surface area (Å²) in [6.07, 6.45) is 2.14. The van der Waals surface area contributed by atoms with Gasteiger partial charge >= 0.3 is 0 Å². The quantitative estimate of drug-likeness (QED) is 0.202. The molecule has 5 aromatic rings. The number of carbonyl (C=O) groups is 5.